The van der Waals surface area contributed by atoms with Gasteiger partial charge in [-0.05, 0) is 72.8 Å². The van der Waals surface area contributed by atoms with Gasteiger partial charge >= 0.3 is 23.9 Å². The molecular weight excluding hydrogens is 957 g/mol. The number of ether oxygens (including phenoxy) is 8. The van der Waals surface area contributed by atoms with Gasteiger partial charge in [0.25, 0.3) is 23.6 Å². The van der Waals surface area contributed by atoms with Crippen molar-refractivity contribution in [1.82, 2.24) is 9.80 Å². The molecule has 2 saturated heterocycles. The van der Waals surface area contributed by atoms with Crippen LogP contribution >= 0.6 is 0 Å². The molecule has 74 heavy (non-hydrogen) atoms. The first kappa shape index (κ1) is 48.9. The van der Waals surface area contributed by atoms with Gasteiger partial charge in [0.15, 0.2) is 37.0 Å². The molecule has 10 atom stereocenters. The third-order valence-electron chi connectivity index (χ3n) is 13.2. The van der Waals surface area contributed by atoms with Crippen molar-refractivity contribution in [3.63, 3.8) is 0 Å². The van der Waals surface area contributed by atoms with Gasteiger partial charge in [-0.25, -0.2) is 19.2 Å². The highest BCUT2D eigenvalue weighted by atomic mass is 16.7. The molecule has 4 aliphatic heterocycles. The molecule has 0 bridgehead atoms. The van der Waals surface area contributed by atoms with Crippen LogP contribution in [0, 0.1) is 0 Å². The Morgan fingerprint density at radius 2 is 0.581 bits per heavy atom. The van der Waals surface area contributed by atoms with Crippen LogP contribution in [-0.2, 0) is 37.9 Å². The normalized spacial score (nSPS) is 25.2. The summed E-state index contributed by atoms with van der Waals surface area (Å²) in [5.74, 6) is -7.55. The fourth-order valence-corrected chi connectivity index (χ4v) is 9.75. The number of methoxy groups -OCH3 is 2. The van der Waals surface area contributed by atoms with Gasteiger partial charge in [-0.15, -0.1) is 0 Å². The van der Waals surface area contributed by atoms with E-state index in [1.54, 1.807) is 72.8 Å². The Labute approximate surface area is 422 Å². The van der Waals surface area contributed by atoms with Gasteiger partial charge in [-0.1, -0.05) is 97.1 Å². The molecule has 2 fully saturated rings. The molecule has 374 valence electrons. The third kappa shape index (κ3) is 9.00. The Morgan fingerprint density at radius 1 is 0.351 bits per heavy atom. The molecule has 0 N–H and O–H groups in total. The highest BCUT2D eigenvalue weighted by Crippen LogP contribution is 2.43. The maximum atomic E-state index is 15.0. The Bertz CT molecular complexity index is 2860. The second-order valence-corrected chi connectivity index (χ2v) is 17.4. The van der Waals surface area contributed by atoms with E-state index in [2.05, 4.69) is 0 Å². The van der Waals surface area contributed by atoms with E-state index >= 15 is 0 Å². The molecule has 0 saturated carbocycles. The number of amides is 4. The van der Waals surface area contributed by atoms with Gasteiger partial charge < -0.3 is 37.9 Å². The van der Waals surface area contributed by atoms with Crippen LogP contribution in [0.25, 0.3) is 0 Å². The summed E-state index contributed by atoms with van der Waals surface area (Å²) in [6.07, 6.45) is -14.8. The third-order valence-corrected chi connectivity index (χ3v) is 13.2. The van der Waals surface area contributed by atoms with E-state index in [9.17, 15) is 38.4 Å². The monoisotopic (exact) mass is 1000 g/mol. The van der Waals surface area contributed by atoms with Crippen LogP contribution in [-0.4, -0.2) is 133 Å². The molecule has 18 heteroatoms. The summed E-state index contributed by atoms with van der Waals surface area (Å²) in [5, 5.41) is 0. The van der Waals surface area contributed by atoms with Gasteiger partial charge in [0, 0.05) is 14.2 Å². The summed E-state index contributed by atoms with van der Waals surface area (Å²) < 4.78 is 50.5. The predicted octanol–water partition coefficient (Wildman–Crippen LogP) is 5.96. The lowest BCUT2D eigenvalue weighted by atomic mass is 9.83. The highest BCUT2D eigenvalue weighted by Gasteiger charge is 2.65. The highest BCUT2D eigenvalue weighted by molar-refractivity contribution is 6.22. The van der Waals surface area contributed by atoms with E-state index in [1.165, 1.54) is 111 Å². The van der Waals surface area contributed by atoms with Crippen molar-refractivity contribution in [2.24, 2.45) is 0 Å². The van der Waals surface area contributed by atoms with Gasteiger partial charge in [-0.3, -0.25) is 29.0 Å². The SMILES string of the molecule is CO[C@@H]1O[C@H]([C@@H]2O[C@@H](OC)[C@H](OC(=O)c3ccccc3)[C@@H](OC(=O)c3ccccc3)[C@@H]2N2C(=O)c3ccccc3C2=O)[C@@H](N2C(=O)c3ccccc3C2=O)[C@H](OC(=O)c2ccccc2)[C@H]1OC(=O)c1ccccc1. The zero-order chi connectivity index (χ0) is 51.6. The number of hydrogen-bond acceptors (Lipinski definition) is 16. The van der Waals surface area contributed by atoms with Crippen LogP contribution in [0.15, 0.2) is 170 Å². The first-order valence-electron chi connectivity index (χ1n) is 23.3. The van der Waals surface area contributed by atoms with Crippen LogP contribution in [0.5, 0.6) is 0 Å². The summed E-state index contributed by atoms with van der Waals surface area (Å²) in [4.78, 5) is 119. The quantitative estimate of drug-likeness (QED) is 0.0741. The van der Waals surface area contributed by atoms with Crippen molar-refractivity contribution >= 4 is 47.5 Å². The zero-order valence-electron chi connectivity index (χ0n) is 39.4. The lowest BCUT2D eigenvalue weighted by Gasteiger charge is -2.54. The van der Waals surface area contributed by atoms with Crippen LogP contribution < -0.4 is 0 Å². The molecule has 6 aromatic rings. The van der Waals surface area contributed by atoms with Gasteiger partial charge in [0.05, 0.1) is 44.5 Å². The summed E-state index contributed by atoms with van der Waals surface area (Å²) >= 11 is 0. The molecule has 4 amide bonds. The molecule has 0 unspecified atom stereocenters. The number of fused-ring (bicyclic) bond motifs is 2. The van der Waals surface area contributed by atoms with E-state index in [0.29, 0.717) is 0 Å². The number of esters is 4. The lowest BCUT2D eigenvalue weighted by Crippen LogP contribution is -2.75. The minimum Gasteiger partial charge on any atom is -0.452 e. The molecular formula is C56H44N2O16. The summed E-state index contributed by atoms with van der Waals surface area (Å²) in [6, 6.07) is 38.9. The Balaban J connectivity index is 1.19. The Kier molecular flexibility index (Phi) is 13.8. The number of carbonyl (C=O) groups is 8. The van der Waals surface area contributed by atoms with E-state index in [0.717, 1.165) is 9.80 Å². The van der Waals surface area contributed by atoms with Crippen molar-refractivity contribution in [1.29, 1.82) is 0 Å². The van der Waals surface area contributed by atoms with E-state index in [4.69, 9.17) is 37.9 Å². The number of carbonyl (C=O) groups excluding carboxylic acids is 8. The van der Waals surface area contributed by atoms with Crippen LogP contribution in [0.2, 0.25) is 0 Å². The maximum absolute atomic E-state index is 15.0. The molecule has 18 nitrogen and oxygen atoms in total. The van der Waals surface area contributed by atoms with E-state index in [1.807, 2.05) is 0 Å². The largest absolute Gasteiger partial charge is 0.452 e. The number of rotatable bonds is 13. The van der Waals surface area contributed by atoms with Crippen molar-refractivity contribution in [2.75, 3.05) is 14.2 Å². The number of benzene rings is 6. The van der Waals surface area contributed by atoms with Crippen LogP contribution in [0.4, 0.5) is 0 Å². The Hall–Kier alpha value is -8.68. The molecule has 0 aliphatic carbocycles. The second-order valence-electron chi connectivity index (χ2n) is 17.4. The van der Waals surface area contributed by atoms with Crippen molar-refractivity contribution in [3.8, 4) is 0 Å². The molecule has 0 aromatic heterocycles. The first-order valence-corrected chi connectivity index (χ1v) is 23.3. The summed E-state index contributed by atoms with van der Waals surface area (Å²) in [7, 11) is 2.38. The van der Waals surface area contributed by atoms with Crippen LogP contribution in [0.3, 0.4) is 0 Å². The molecule has 4 aliphatic rings. The average Bonchev–Trinajstić information content (AvgIpc) is 3.88. The second kappa shape index (κ2) is 20.8. The summed E-state index contributed by atoms with van der Waals surface area (Å²) in [6.45, 7) is 0. The zero-order valence-corrected chi connectivity index (χ0v) is 39.4. The van der Waals surface area contributed by atoms with Crippen LogP contribution in [0.1, 0.15) is 82.9 Å². The average molecular weight is 1000 g/mol. The van der Waals surface area contributed by atoms with Gasteiger partial charge in [0.1, 0.15) is 24.3 Å². The van der Waals surface area contributed by atoms with E-state index in [-0.39, 0.29) is 44.5 Å². The Morgan fingerprint density at radius 3 is 0.824 bits per heavy atom. The number of imide groups is 2. The topological polar surface area (TPSA) is 217 Å². The lowest BCUT2D eigenvalue weighted by molar-refractivity contribution is -0.332. The minimum atomic E-state index is -1.93. The molecule has 6 aromatic carbocycles. The first-order chi connectivity index (χ1) is 36.0. The van der Waals surface area contributed by atoms with Crippen molar-refractivity contribution < 1.29 is 76.3 Å². The fraction of sp³-hybridized carbons (Fsp3) is 0.214. The standard InChI is InChI=1S/C56H44N2O16/c1-67-55-45(71-53(65)33-23-11-5-12-24-33)43(69-51(63)31-19-7-3-8-20-31)39(57-47(59)35-27-15-16-28-36(35)48(57)60)41(73-55)42-40(58-49(61)37-29-17-18-30-38(37)50(58)62)44(70-52(64)32-21-9-4-10-22-32)46(56(68-2)74-42)72-54(66)34-25-13-6-14-26-34/h3-30,39-46,55-56H,1-2H3/t39-,40-,41-,42+,43+,44+,45-,46-,55-,56-/m1/s1. The molecule has 10 rings (SSSR count). The van der Waals surface area contributed by atoms with Crippen molar-refractivity contribution in [2.45, 2.75) is 61.3 Å². The van der Waals surface area contributed by atoms with E-state index < -0.39 is 109 Å². The smallest absolute Gasteiger partial charge is 0.338 e. The molecule has 4 heterocycles. The molecule has 0 radical (unpaired) electrons. The molecule has 0 spiro atoms. The predicted molar refractivity (Wildman–Crippen MR) is 255 cm³/mol. The fourth-order valence-electron chi connectivity index (χ4n) is 9.75. The van der Waals surface area contributed by atoms with Gasteiger partial charge in [0.2, 0.25) is 0 Å². The maximum Gasteiger partial charge on any atom is 0.338 e. The van der Waals surface area contributed by atoms with Crippen molar-refractivity contribution in [3.05, 3.63) is 214 Å². The number of nitrogens with zero attached hydrogens (tertiary/aromatic N) is 2. The summed E-state index contributed by atoms with van der Waals surface area (Å²) in [5.41, 5.74) is -0.120. The van der Waals surface area contributed by atoms with Gasteiger partial charge in [-0.2, -0.15) is 0 Å². The minimum absolute atomic E-state index is 0.00647. The number of hydrogen-bond donors (Lipinski definition) is 0.